The van der Waals surface area contributed by atoms with Crippen LogP contribution in [0.15, 0.2) is 30.6 Å². The van der Waals surface area contributed by atoms with Crippen LogP contribution in [0.2, 0.25) is 0 Å². The number of aryl methyl sites for hydroxylation is 4. The third-order valence-corrected chi connectivity index (χ3v) is 5.39. The Bertz CT molecular complexity index is 1150. The van der Waals surface area contributed by atoms with Crippen LogP contribution in [0.3, 0.4) is 0 Å². The summed E-state index contributed by atoms with van der Waals surface area (Å²) < 4.78 is 2.34. The minimum absolute atomic E-state index is 1.10. The van der Waals surface area contributed by atoms with Gasteiger partial charge in [0.15, 0.2) is 0 Å². The summed E-state index contributed by atoms with van der Waals surface area (Å²) in [6.45, 7) is 8.50. The predicted molar refractivity (Wildman–Crippen MR) is 95.6 cm³/mol. The first-order valence-electron chi connectivity index (χ1n) is 7.96. The molecule has 1 aromatic carbocycles. The van der Waals surface area contributed by atoms with Crippen molar-refractivity contribution in [2.45, 2.75) is 27.7 Å². The normalized spacial score (nSPS) is 12.3. The van der Waals surface area contributed by atoms with Gasteiger partial charge in [0.2, 0.25) is 0 Å². The van der Waals surface area contributed by atoms with Crippen molar-refractivity contribution in [3.8, 4) is 0 Å². The summed E-state index contributed by atoms with van der Waals surface area (Å²) in [5.41, 5.74) is 8.39. The molecule has 112 valence electrons. The fourth-order valence-corrected chi connectivity index (χ4v) is 3.96. The van der Waals surface area contributed by atoms with Gasteiger partial charge in [0.1, 0.15) is 0 Å². The van der Waals surface area contributed by atoms with Crippen LogP contribution in [-0.4, -0.2) is 14.4 Å². The van der Waals surface area contributed by atoms with Crippen LogP contribution >= 0.6 is 0 Å². The molecule has 23 heavy (non-hydrogen) atoms. The van der Waals surface area contributed by atoms with Crippen LogP contribution in [0.5, 0.6) is 0 Å². The Morgan fingerprint density at radius 3 is 1.70 bits per heavy atom. The van der Waals surface area contributed by atoms with Gasteiger partial charge in [0.25, 0.3) is 0 Å². The SMILES string of the molecule is Cc1ncc2c(c1C)c1cccc3c4c(C)c(C)ncc4n2c13. The lowest BCUT2D eigenvalue weighted by Crippen LogP contribution is -1.91. The molecule has 0 bridgehead atoms. The third-order valence-electron chi connectivity index (χ3n) is 5.39. The summed E-state index contributed by atoms with van der Waals surface area (Å²) in [6.07, 6.45) is 4.01. The molecule has 0 saturated heterocycles. The van der Waals surface area contributed by atoms with Gasteiger partial charge in [-0.3, -0.25) is 9.97 Å². The van der Waals surface area contributed by atoms with Gasteiger partial charge in [-0.15, -0.1) is 0 Å². The van der Waals surface area contributed by atoms with Crippen molar-refractivity contribution < 1.29 is 0 Å². The fraction of sp³-hybridized carbons (Fsp3) is 0.200. The molecule has 0 amide bonds. The number of para-hydroxylation sites is 1. The molecule has 0 saturated carbocycles. The van der Waals surface area contributed by atoms with Crippen molar-refractivity contribution in [1.29, 1.82) is 0 Å². The number of pyridine rings is 2. The first kappa shape index (κ1) is 12.8. The number of fused-ring (bicyclic) bond motifs is 6. The van der Waals surface area contributed by atoms with Crippen molar-refractivity contribution in [2.75, 3.05) is 0 Å². The molecule has 3 nitrogen and oxygen atoms in total. The molecule has 0 N–H and O–H groups in total. The Hall–Kier alpha value is -2.68. The van der Waals surface area contributed by atoms with Crippen molar-refractivity contribution in [1.82, 2.24) is 14.4 Å². The molecule has 0 spiro atoms. The monoisotopic (exact) mass is 299 g/mol. The van der Waals surface area contributed by atoms with Gasteiger partial charge >= 0.3 is 0 Å². The first-order chi connectivity index (χ1) is 11.1. The molecule has 0 fully saturated rings. The highest BCUT2D eigenvalue weighted by Gasteiger charge is 2.20. The highest BCUT2D eigenvalue weighted by atomic mass is 14.9. The quantitative estimate of drug-likeness (QED) is 0.409. The zero-order valence-electron chi connectivity index (χ0n) is 13.7. The maximum atomic E-state index is 4.61. The molecule has 3 heteroatoms. The third kappa shape index (κ3) is 1.36. The predicted octanol–water partition coefficient (Wildman–Crippen LogP) is 4.86. The van der Waals surface area contributed by atoms with E-state index >= 15 is 0 Å². The minimum atomic E-state index is 1.10. The summed E-state index contributed by atoms with van der Waals surface area (Å²) in [5, 5.41) is 5.26. The standard InChI is InChI=1S/C20H17N3/c1-10-12(3)21-8-16-18(10)14-6-5-7-15-19-11(2)13(4)22-9-17(19)23(16)20(14)15/h5-9H,1-4H3. The Morgan fingerprint density at radius 2 is 1.22 bits per heavy atom. The summed E-state index contributed by atoms with van der Waals surface area (Å²) in [4.78, 5) is 9.21. The second-order valence-electron chi connectivity index (χ2n) is 6.49. The lowest BCUT2D eigenvalue weighted by Gasteiger charge is -2.05. The molecule has 0 aliphatic rings. The number of rotatable bonds is 0. The molecule has 0 unspecified atom stereocenters. The topological polar surface area (TPSA) is 30.2 Å². The van der Waals surface area contributed by atoms with E-state index in [2.05, 4.69) is 60.3 Å². The van der Waals surface area contributed by atoms with Crippen molar-refractivity contribution >= 4 is 38.1 Å². The number of hydrogen-bond acceptors (Lipinski definition) is 2. The van der Waals surface area contributed by atoms with Crippen LogP contribution in [-0.2, 0) is 0 Å². The zero-order valence-corrected chi connectivity index (χ0v) is 13.7. The first-order valence-corrected chi connectivity index (χ1v) is 7.96. The van der Waals surface area contributed by atoms with E-state index in [1.807, 2.05) is 12.4 Å². The van der Waals surface area contributed by atoms with Crippen LogP contribution in [0.25, 0.3) is 38.1 Å². The number of aromatic nitrogens is 3. The molecule has 5 rings (SSSR count). The van der Waals surface area contributed by atoms with Gasteiger partial charge in [-0.05, 0) is 38.8 Å². The summed E-state index contributed by atoms with van der Waals surface area (Å²) in [5.74, 6) is 0. The van der Waals surface area contributed by atoms with Crippen molar-refractivity contribution in [3.63, 3.8) is 0 Å². The molecule has 0 radical (unpaired) electrons. The zero-order chi connectivity index (χ0) is 15.9. The van der Waals surface area contributed by atoms with Gasteiger partial charge in [-0.25, -0.2) is 0 Å². The maximum absolute atomic E-state index is 4.61. The van der Waals surface area contributed by atoms with Gasteiger partial charge in [-0.1, -0.05) is 18.2 Å². The van der Waals surface area contributed by atoms with E-state index in [0.29, 0.717) is 0 Å². The van der Waals surface area contributed by atoms with Crippen molar-refractivity contribution in [3.05, 3.63) is 53.1 Å². The summed E-state index contributed by atoms with van der Waals surface area (Å²) in [7, 11) is 0. The van der Waals surface area contributed by atoms with Crippen LogP contribution in [0, 0.1) is 27.7 Å². The lowest BCUT2D eigenvalue weighted by atomic mass is 10.0. The molecule has 4 heterocycles. The van der Waals surface area contributed by atoms with E-state index in [-0.39, 0.29) is 0 Å². The smallest absolute Gasteiger partial charge is 0.0728 e. The summed E-state index contributed by atoms with van der Waals surface area (Å²) >= 11 is 0. The Balaban J connectivity index is 2.24. The average molecular weight is 299 g/mol. The second-order valence-corrected chi connectivity index (χ2v) is 6.49. The van der Waals surface area contributed by atoms with E-state index in [9.17, 15) is 0 Å². The highest BCUT2D eigenvalue weighted by molar-refractivity contribution is 6.24. The fourth-order valence-electron chi connectivity index (χ4n) is 3.96. The Kier molecular flexibility index (Phi) is 2.22. The molecular weight excluding hydrogens is 282 g/mol. The molecule has 0 aliphatic carbocycles. The van der Waals surface area contributed by atoms with E-state index < -0.39 is 0 Å². The minimum Gasteiger partial charge on any atom is -0.305 e. The average Bonchev–Trinajstić information content (AvgIpc) is 3.06. The number of nitrogens with zero attached hydrogens (tertiary/aromatic N) is 3. The Morgan fingerprint density at radius 1 is 0.739 bits per heavy atom. The summed E-state index contributed by atoms with van der Waals surface area (Å²) in [6, 6.07) is 6.62. The second kappa shape index (κ2) is 3.99. The lowest BCUT2D eigenvalue weighted by molar-refractivity contribution is 1.15. The number of benzene rings is 1. The van der Waals surface area contributed by atoms with Crippen LogP contribution in [0.1, 0.15) is 22.5 Å². The van der Waals surface area contributed by atoms with Crippen LogP contribution in [0.4, 0.5) is 0 Å². The molecular formula is C20H17N3. The number of hydrogen-bond donors (Lipinski definition) is 0. The van der Waals surface area contributed by atoms with E-state index in [1.165, 1.54) is 49.2 Å². The van der Waals surface area contributed by atoms with E-state index in [1.54, 1.807) is 0 Å². The van der Waals surface area contributed by atoms with Gasteiger partial charge in [0.05, 0.1) is 28.9 Å². The molecule has 0 aliphatic heterocycles. The maximum Gasteiger partial charge on any atom is 0.0728 e. The highest BCUT2D eigenvalue weighted by Crippen LogP contribution is 2.41. The van der Waals surface area contributed by atoms with Gasteiger partial charge in [0, 0.05) is 32.9 Å². The van der Waals surface area contributed by atoms with Gasteiger partial charge in [-0.2, -0.15) is 0 Å². The van der Waals surface area contributed by atoms with E-state index in [4.69, 9.17) is 0 Å². The molecule has 5 aromatic rings. The van der Waals surface area contributed by atoms with Crippen molar-refractivity contribution in [2.24, 2.45) is 0 Å². The van der Waals surface area contributed by atoms with Crippen LogP contribution < -0.4 is 0 Å². The largest absolute Gasteiger partial charge is 0.305 e. The van der Waals surface area contributed by atoms with Gasteiger partial charge < -0.3 is 4.40 Å². The molecule has 4 aromatic heterocycles. The van der Waals surface area contributed by atoms with E-state index in [0.717, 1.165) is 11.4 Å². The Labute approximate surface area is 133 Å². The molecule has 0 atom stereocenters.